The summed E-state index contributed by atoms with van der Waals surface area (Å²) < 4.78 is 5.45. The number of nitrogens with zero attached hydrogens (tertiary/aromatic N) is 3. The van der Waals surface area contributed by atoms with Crippen molar-refractivity contribution in [2.45, 2.75) is 17.0 Å². The van der Waals surface area contributed by atoms with Crippen LogP contribution in [0.1, 0.15) is 12.5 Å². The van der Waals surface area contributed by atoms with Crippen LogP contribution in [0.5, 0.6) is 0 Å². The molecule has 0 unspecified atom stereocenters. The summed E-state index contributed by atoms with van der Waals surface area (Å²) in [6, 6.07) is 14.9. The molecule has 0 N–H and O–H groups in total. The number of hydrogen-bond acceptors (Lipinski definition) is 5. The molecule has 156 valence electrons. The van der Waals surface area contributed by atoms with E-state index in [2.05, 4.69) is 4.90 Å². The largest absolute Gasteiger partial charge is 0.379 e. The first-order valence-electron chi connectivity index (χ1n) is 10.0. The van der Waals surface area contributed by atoms with Gasteiger partial charge in [0.1, 0.15) is 0 Å². The van der Waals surface area contributed by atoms with Crippen molar-refractivity contribution >= 4 is 46.6 Å². The Balaban J connectivity index is 1.61. The molecule has 0 bridgehead atoms. The van der Waals surface area contributed by atoms with E-state index in [1.54, 1.807) is 29.2 Å². The first kappa shape index (κ1) is 19.9. The topological polar surface area (TPSA) is 53.1 Å². The fourth-order valence-corrected chi connectivity index (χ4v) is 6.07. The smallest absolute Gasteiger partial charge is 0.269 e. The van der Waals surface area contributed by atoms with E-state index in [1.165, 1.54) is 11.8 Å². The third kappa shape index (κ3) is 2.95. The molecular formula is C22H22ClN3O3S. The molecule has 1 spiro atoms. The van der Waals surface area contributed by atoms with Gasteiger partial charge in [-0.1, -0.05) is 29.8 Å². The van der Waals surface area contributed by atoms with Crippen molar-refractivity contribution in [3.8, 4) is 0 Å². The maximum atomic E-state index is 14.0. The molecule has 2 aromatic rings. The first-order chi connectivity index (χ1) is 14.5. The van der Waals surface area contributed by atoms with Crippen LogP contribution in [0.4, 0.5) is 11.4 Å². The van der Waals surface area contributed by atoms with Crippen LogP contribution in [-0.4, -0.2) is 54.9 Å². The number of hydrogen-bond donors (Lipinski definition) is 0. The van der Waals surface area contributed by atoms with Crippen LogP contribution in [-0.2, 0) is 19.2 Å². The number of para-hydroxylation sites is 1. The van der Waals surface area contributed by atoms with E-state index < -0.39 is 4.87 Å². The summed E-state index contributed by atoms with van der Waals surface area (Å²) in [5.74, 6) is -0.147. The monoisotopic (exact) mass is 443 g/mol. The highest BCUT2D eigenvalue weighted by Gasteiger charge is 2.63. The maximum Gasteiger partial charge on any atom is 0.269 e. The van der Waals surface area contributed by atoms with Crippen molar-refractivity contribution in [3.05, 3.63) is 59.1 Å². The Morgan fingerprint density at radius 1 is 1.10 bits per heavy atom. The molecular weight excluding hydrogens is 422 g/mol. The molecule has 2 saturated heterocycles. The number of benzene rings is 2. The number of rotatable bonds is 3. The van der Waals surface area contributed by atoms with Gasteiger partial charge < -0.3 is 4.74 Å². The molecule has 0 aliphatic carbocycles. The second-order valence-corrected chi connectivity index (χ2v) is 9.65. The van der Waals surface area contributed by atoms with Crippen LogP contribution in [0.15, 0.2) is 48.5 Å². The van der Waals surface area contributed by atoms with Gasteiger partial charge in [0, 0.05) is 29.4 Å². The standard InChI is InChI=1S/C22H22ClN3O3S/c1-15-20(27)26(17-8-6-16(23)7-9-17)22(30-15)18-4-2-3-5-19(18)25(21(22)28)14-24-10-12-29-13-11-24/h2-9,15H,10-14H2,1H3/t15-,22+/m0/s1. The van der Waals surface area contributed by atoms with E-state index in [9.17, 15) is 9.59 Å². The summed E-state index contributed by atoms with van der Waals surface area (Å²) >= 11 is 7.49. The van der Waals surface area contributed by atoms with Crippen LogP contribution in [0.3, 0.4) is 0 Å². The zero-order valence-corrected chi connectivity index (χ0v) is 18.2. The van der Waals surface area contributed by atoms with Crippen molar-refractivity contribution in [2.75, 3.05) is 42.8 Å². The van der Waals surface area contributed by atoms with Gasteiger partial charge in [0.2, 0.25) is 10.8 Å². The molecule has 3 aliphatic rings. The van der Waals surface area contributed by atoms with Crippen LogP contribution < -0.4 is 9.80 Å². The molecule has 0 radical (unpaired) electrons. The zero-order valence-electron chi connectivity index (χ0n) is 16.6. The quantitative estimate of drug-likeness (QED) is 0.728. The van der Waals surface area contributed by atoms with Gasteiger partial charge in [0.15, 0.2) is 0 Å². The van der Waals surface area contributed by atoms with E-state index in [0.717, 1.165) is 24.3 Å². The Hall–Kier alpha value is -2.06. The molecule has 6 nitrogen and oxygen atoms in total. The lowest BCUT2D eigenvalue weighted by atomic mass is 10.0. The Morgan fingerprint density at radius 2 is 1.80 bits per heavy atom. The summed E-state index contributed by atoms with van der Waals surface area (Å²) in [6.07, 6.45) is 0. The third-order valence-corrected chi connectivity index (χ3v) is 7.58. The van der Waals surface area contributed by atoms with Crippen LogP contribution in [0.2, 0.25) is 5.02 Å². The van der Waals surface area contributed by atoms with Crippen LogP contribution >= 0.6 is 23.4 Å². The van der Waals surface area contributed by atoms with Crippen molar-refractivity contribution < 1.29 is 14.3 Å². The predicted octanol–water partition coefficient (Wildman–Crippen LogP) is 3.30. The third-order valence-electron chi connectivity index (χ3n) is 5.86. The number of thioether (sulfide) groups is 1. The average Bonchev–Trinajstić information content (AvgIpc) is 3.16. The minimum Gasteiger partial charge on any atom is -0.379 e. The normalized spacial score (nSPS) is 26.7. The lowest BCUT2D eigenvalue weighted by Gasteiger charge is -2.35. The number of morpholine rings is 1. The van der Waals surface area contributed by atoms with E-state index in [0.29, 0.717) is 30.6 Å². The number of amides is 2. The van der Waals surface area contributed by atoms with E-state index >= 15 is 0 Å². The van der Waals surface area contributed by atoms with Gasteiger partial charge in [-0.2, -0.15) is 0 Å². The average molecular weight is 444 g/mol. The number of carbonyl (C=O) groups is 2. The fraction of sp³-hybridized carbons (Fsp3) is 0.364. The predicted molar refractivity (Wildman–Crippen MR) is 119 cm³/mol. The van der Waals surface area contributed by atoms with E-state index in [4.69, 9.17) is 16.3 Å². The van der Waals surface area contributed by atoms with Gasteiger partial charge in [-0.15, -0.1) is 11.8 Å². The van der Waals surface area contributed by atoms with E-state index in [-0.39, 0.29) is 17.1 Å². The Kier molecular flexibility index (Phi) is 5.01. The lowest BCUT2D eigenvalue weighted by Crippen LogP contribution is -2.52. The number of anilines is 2. The molecule has 0 aromatic heterocycles. The molecule has 2 atom stereocenters. The van der Waals surface area contributed by atoms with Crippen molar-refractivity contribution in [1.82, 2.24) is 4.90 Å². The SMILES string of the molecule is C[C@@H]1S[C@]2(C(=O)N(CN3CCOCC3)c3ccccc32)N(c2ccc(Cl)cc2)C1=O. The number of ether oxygens (including phenoxy) is 1. The highest BCUT2D eigenvalue weighted by Crippen LogP contribution is 2.57. The molecule has 2 fully saturated rings. The fourth-order valence-electron chi connectivity index (χ4n) is 4.41. The summed E-state index contributed by atoms with van der Waals surface area (Å²) in [5.41, 5.74) is 2.40. The van der Waals surface area contributed by atoms with Crippen molar-refractivity contribution in [3.63, 3.8) is 0 Å². The summed E-state index contributed by atoms with van der Waals surface area (Å²) in [5, 5.41) is 0.258. The van der Waals surface area contributed by atoms with Gasteiger partial charge in [-0.25, -0.2) is 0 Å². The second-order valence-electron chi connectivity index (χ2n) is 7.68. The minimum atomic E-state index is -1.10. The summed E-state index contributed by atoms with van der Waals surface area (Å²) in [4.78, 5) is 31.9. The van der Waals surface area contributed by atoms with Gasteiger partial charge in [-0.3, -0.25) is 24.3 Å². The zero-order chi connectivity index (χ0) is 20.9. The minimum absolute atomic E-state index is 0.0706. The highest BCUT2D eigenvalue weighted by atomic mass is 35.5. The molecule has 30 heavy (non-hydrogen) atoms. The van der Waals surface area contributed by atoms with Gasteiger partial charge in [0.05, 0.1) is 30.8 Å². The second kappa shape index (κ2) is 7.57. The Morgan fingerprint density at radius 3 is 2.53 bits per heavy atom. The van der Waals surface area contributed by atoms with Gasteiger partial charge >= 0.3 is 0 Å². The highest BCUT2D eigenvalue weighted by molar-refractivity contribution is 8.03. The molecule has 2 aromatic carbocycles. The Labute approximate surface area is 184 Å². The summed E-state index contributed by atoms with van der Waals surface area (Å²) in [7, 11) is 0. The number of fused-ring (bicyclic) bond motifs is 2. The lowest BCUT2D eigenvalue weighted by molar-refractivity contribution is -0.124. The Bertz CT molecular complexity index is 995. The molecule has 2 amide bonds. The molecule has 3 heterocycles. The van der Waals surface area contributed by atoms with Crippen molar-refractivity contribution in [2.24, 2.45) is 0 Å². The first-order valence-corrected chi connectivity index (χ1v) is 11.3. The maximum absolute atomic E-state index is 14.0. The number of halogens is 1. The van der Waals surface area contributed by atoms with Gasteiger partial charge in [-0.05, 0) is 37.3 Å². The molecule has 3 aliphatic heterocycles. The molecule has 5 rings (SSSR count). The van der Waals surface area contributed by atoms with Crippen LogP contribution in [0.25, 0.3) is 0 Å². The van der Waals surface area contributed by atoms with Gasteiger partial charge in [0.25, 0.3) is 5.91 Å². The van der Waals surface area contributed by atoms with Crippen molar-refractivity contribution in [1.29, 1.82) is 0 Å². The molecule has 8 heteroatoms. The number of carbonyl (C=O) groups excluding carboxylic acids is 2. The van der Waals surface area contributed by atoms with E-state index in [1.807, 2.05) is 36.1 Å². The molecule has 0 saturated carbocycles. The summed E-state index contributed by atoms with van der Waals surface area (Å²) in [6.45, 7) is 5.24. The van der Waals surface area contributed by atoms with Crippen LogP contribution in [0, 0.1) is 0 Å².